The summed E-state index contributed by atoms with van der Waals surface area (Å²) in [6.07, 6.45) is -0.182. The van der Waals surface area contributed by atoms with E-state index in [2.05, 4.69) is 28.1 Å². The van der Waals surface area contributed by atoms with E-state index in [0.29, 0.717) is 5.82 Å². The van der Waals surface area contributed by atoms with Crippen molar-refractivity contribution in [3.8, 4) is 12.3 Å². The van der Waals surface area contributed by atoms with Crippen molar-refractivity contribution in [2.45, 2.75) is 44.0 Å². The van der Waals surface area contributed by atoms with Crippen LogP contribution in [0.5, 0.6) is 0 Å². The van der Waals surface area contributed by atoms with Crippen LogP contribution in [0.15, 0.2) is 6.33 Å². The predicted octanol–water partition coefficient (Wildman–Crippen LogP) is 0.152. The zero-order chi connectivity index (χ0) is 26.6. The van der Waals surface area contributed by atoms with Gasteiger partial charge < -0.3 is 39.5 Å². The lowest BCUT2D eigenvalue weighted by molar-refractivity contribution is -0.0831. The number of nitrogens with one attached hydrogen (secondary N) is 1. The van der Waals surface area contributed by atoms with E-state index in [-0.39, 0.29) is 15.8 Å². The van der Waals surface area contributed by atoms with Gasteiger partial charge in [-0.2, -0.15) is 8.62 Å². The summed E-state index contributed by atoms with van der Waals surface area (Å²) in [5, 5.41) is 21.7. The quantitative estimate of drug-likeness (QED) is 0.125. The summed E-state index contributed by atoms with van der Waals surface area (Å²) in [7, 11) is -16.9. The lowest BCUT2D eigenvalue weighted by Crippen LogP contribution is -2.47. The van der Waals surface area contributed by atoms with Crippen molar-refractivity contribution >= 4 is 46.8 Å². The highest BCUT2D eigenvalue weighted by atomic mass is 32.1. The van der Waals surface area contributed by atoms with Crippen LogP contribution in [0.25, 0.3) is 11.2 Å². The molecule has 2 aromatic heterocycles. The summed E-state index contributed by atoms with van der Waals surface area (Å²) in [6.45, 7) is 2.65. The molecule has 17 nitrogen and oxygen atoms in total. The molecule has 1 saturated heterocycles. The van der Waals surface area contributed by atoms with Gasteiger partial charge in [0.15, 0.2) is 16.5 Å². The second kappa shape index (κ2) is 9.49. The minimum atomic E-state index is -5.78. The van der Waals surface area contributed by atoms with Gasteiger partial charge in [-0.05, 0) is 13.8 Å². The maximum Gasteiger partial charge on any atom is 0.490 e. The number of hydrogen-bond donors (Lipinski definition) is 7. The molecule has 35 heavy (non-hydrogen) atoms. The number of aliphatic hydroxyl groups excluding tert-OH is 1. The number of rotatable bonds is 8. The molecular weight excluding hydrogens is 557 g/mol. The zero-order valence-electron chi connectivity index (χ0n) is 17.6. The fourth-order valence-corrected chi connectivity index (χ4v) is 6.80. The number of phosphoric ester groups is 1. The fraction of sp³-hybridized carbons (Fsp3) is 0.500. The summed E-state index contributed by atoms with van der Waals surface area (Å²) >= 11 is 5.14. The van der Waals surface area contributed by atoms with Gasteiger partial charge in [-0.1, -0.05) is 18.1 Å². The Bertz CT molecular complexity index is 1380. The zero-order valence-corrected chi connectivity index (χ0v) is 21.1. The molecule has 0 amide bonds. The third kappa shape index (κ3) is 5.96. The van der Waals surface area contributed by atoms with Gasteiger partial charge in [-0.15, -0.1) is 6.42 Å². The highest BCUT2D eigenvalue weighted by Crippen LogP contribution is 2.66. The van der Waals surface area contributed by atoms with Gasteiger partial charge in [-0.25, -0.2) is 23.7 Å². The summed E-state index contributed by atoms with van der Waals surface area (Å²) in [6, 6.07) is 0. The van der Waals surface area contributed by atoms with E-state index in [9.17, 15) is 33.7 Å². The fourth-order valence-electron chi connectivity index (χ4n) is 3.32. The first kappa shape index (κ1) is 28.2. The van der Waals surface area contributed by atoms with Crippen LogP contribution in [-0.2, 0) is 31.6 Å². The van der Waals surface area contributed by atoms with E-state index in [0.717, 1.165) is 6.92 Å². The first-order valence-corrected chi connectivity index (χ1v) is 14.1. The molecule has 2 aromatic rings. The molecule has 0 aliphatic carbocycles. The minimum absolute atomic E-state index is 0.121. The van der Waals surface area contributed by atoms with Crippen molar-refractivity contribution in [3.05, 3.63) is 16.8 Å². The lowest BCUT2D eigenvalue weighted by atomic mass is 9.93. The first-order valence-electron chi connectivity index (χ1n) is 9.18. The largest absolute Gasteiger partial charge is 0.490 e. The van der Waals surface area contributed by atoms with Crippen LogP contribution in [0.4, 0.5) is 0 Å². The Balaban J connectivity index is 1.89. The molecule has 1 aliphatic rings. The van der Waals surface area contributed by atoms with Crippen LogP contribution < -0.4 is 0 Å². The summed E-state index contributed by atoms with van der Waals surface area (Å²) in [5.74, 6) is 2.38. The molecular formula is C14H19N4O13P3S. The lowest BCUT2D eigenvalue weighted by Gasteiger charge is -2.27. The average molecular weight is 576 g/mol. The Morgan fingerprint density at radius 3 is 2.49 bits per heavy atom. The maximum absolute atomic E-state index is 12.1. The van der Waals surface area contributed by atoms with Crippen molar-refractivity contribution in [2.24, 2.45) is 0 Å². The van der Waals surface area contributed by atoms with Gasteiger partial charge in [0.05, 0.1) is 12.4 Å². The van der Waals surface area contributed by atoms with E-state index >= 15 is 0 Å². The number of imidazole rings is 1. The smallest absolute Gasteiger partial charge is 0.386 e. The highest BCUT2D eigenvalue weighted by Gasteiger charge is 2.58. The summed E-state index contributed by atoms with van der Waals surface area (Å²) in [5.41, 5.74) is -2.01. The third-order valence-electron chi connectivity index (χ3n) is 4.65. The Labute approximate surface area is 201 Å². The van der Waals surface area contributed by atoms with Gasteiger partial charge in [0.2, 0.25) is 0 Å². The van der Waals surface area contributed by atoms with Crippen LogP contribution in [-0.4, -0.2) is 73.2 Å². The molecule has 7 N–H and O–H groups in total. The summed E-state index contributed by atoms with van der Waals surface area (Å²) in [4.78, 5) is 47.2. The van der Waals surface area contributed by atoms with Gasteiger partial charge in [0.25, 0.3) is 0 Å². The van der Waals surface area contributed by atoms with Gasteiger partial charge in [0, 0.05) is 0 Å². The summed E-state index contributed by atoms with van der Waals surface area (Å²) < 4.78 is 53.4. The normalized spacial score (nSPS) is 29.4. The monoisotopic (exact) mass is 576 g/mol. The number of ether oxygens (including phenoxy) is 1. The number of fused-ring (bicyclic) bond motifs is 1. The van der Waals surface area contributed by atoms with Crippen molar-refractivity contribution in [1.29, 1.82) is 0 Å². The number of aliphatic hydroxyl groups is 2. The number of terminal acetylenes is 1. The SMILES string of the molecule is C#CC1(O)[C@@H](O)[C@@H]([C@H](C)OP(=O)(O)OP(=O)(O)OP(=O)(O)O)O[C@H]1n1cnc2c(=S)nc(C)[nH]c21. The average Bonchev–Trinajstić information content (AvgIpc) is 3.18. The van der Waals surface area contributed by atoms with Crippen molar-refractivity contribution in [2.75, 3.05) is 0 Å². The van der Waals surface area contributed by atoms with E-state index in [1.165, 1.54) is 10.9 Å². The number of nitrogens with zero attached hydrogens (tertiary/aromatic N) is 3. The second-order valence-corrected chi connectivity index (χ2v) is 12.0. The van der Waals surface area contributed by atoms with Crippen LogP contribution in [0.3, 0.4) is 0 Å². The Morgan fingerprint density at radius 1 is 1.29 bits per heavy atom. The molecule has 0 aromatic carbocycles. The molecule has 0 spiro atoms. The van der Waals surface area contributed by atoms with Gasteiger partial charge in [0.1, 0.15) is 29.2 Å². The first-order chi connectivity index (χ1) is 15.9. The molecule has 0 saturated carbocycles. The van der Waals surface area contributed by atoms with E-state index < -0.39 is 53.6 Å². The Kier molecular flexibility index (Phi) is 7.65. The molecule has 7 atom stereocenters. The molecule has 1 aliphatic heterocycles. The van der Waals surface area contributed by atoms with Crippen LogP contribution in [0, 0.1) is 23.9 Å². The van der Waals surface area contributed by atoms with Crippen LogP contribution in [0.1, 0.15) is 19.0 Å². The Hall–Kier alpha value is -1.38. The molecule has 3 unspecified atom stereocenters. The van der Waals surface area contributed by atoms with E-state index in [1.807, 2.05) is 5.92 Å². The highest BCUT2D eigenvalue weighted by molar-refractivity contribution is 7.71. The standard InChI is InChI=1S/C14H19N4O13P3S/c1-4-14(20)10(19)9(6(2)29-33(24,25)31-34(26,27)30-32(21,22)23)28-13(14)18-5-15-8-11(18)16-7(3)17-12(8)35/h1,5-6,9-10,13,19-20H,2-3H3,(H,24,25)(H,26,27)(H,16,17,35)(H2,21,22,23)/t6-,9+,10-,13+,14?/m0/s1. The van der Waals surface area contributed by atoms with Crippen LogP contribution in [0.2, 0.25) is 0 Å². The number of aromatic amines is 1. The van der Waals surface area contributed by atoms with Crippen molar-refractivity contribution in [3.63, 3.8) is 0 Å². The number of hydrogen-bond acceptors (Lipinski definition) is 12. The van der Waals surface area contributed by atoms with Gasteiger partial charge >= 0.3 is 23.5 Å². The third-order valence-corrected chi connectivity index (χ3v) is 8.86. The molecule has 21 heteroatoms. The molecule has 3 rings (SSSR count). The Morgan fingerprint density at radius 2 is 1.91 bits per heavy atom. The predicted molar refractivity (Wildman–Crippen MR) is 116 cm³/mol. The van der Waals surface area contributed by atoms with Crippen molar-refractivity contribution in [1.82, 2.24) is 19.5 Å². The number of phosphoric acid groups is 3. The number of aromatic nitrogens is 4. The van der Waals surface area contributed by atoms with E-state index in [4.69, 9.17) is 33.2 Å². The van der Waals surface area contributed by atoms with Crippen molar-refractivity contribution < 1.29 is 61.4 Å². The maximum atomic E-state index is 12.1. The molecule has 3 heterocycles. The number of H-pyrrole nitrogens is 1. The minimum Gasteiger partial charge on any atom is -0.386 e. The second-order valence-electron chi connectivity index (χ2n) is 7.25. The molecule has 0 radical (unpaired) electrons. The van der Waals surface area contributed by atoms with Gasteiger partial charge in [-0.3, -0.25) is 9.09 Å². The van der Waals surface area contributed by atoms with Crippen LogP contribution >= 0.6 is 35.7 Å². The molecule has 0 bridgehead atoms. The van der Waals surface area contributed by atoms with E-state index in [1.54, 1.807) is 6.92 Å². The number of aryl methyl sites for hydroxylation is 1. The topological polar surface area (TPSA) is 256 Å². The molecule has 194 valence electrons. The molecule has 1 fully saturated rings.